The van der Waals surface area contributed by atoms with Gasteiger partial charge in [0.05, 0.1) is 7.11 Å². The summed E-state index contributed by atoms with van der Waals surface area (Å²) >= 11 is 0. The van der Waals surface area contributed by atoms with Crippen LogP contribution < -0.4 is 10.1 Å². The zero-order valence-electron chi connectivity index (χ0n) is 17.1. The maximum Gasteiger partial charge on any atom is 0.271 e. The van der Waals surface area contributed by atoms with Crippen LogP contribution in [0.4, 0.5) is 4.39 Å². The van der Waals surface area contributed by atoms with Crippen molar-refractivity contribution in [3.8, 4) is 16.9 Å². The highest BCUT2D eigenvalue weighted by molar-refractivity contribution is 5.92. The summed E-state index contributed by atoms with van der Waals surface area (Å²) in [6, 6.07) is 14.1. The molecule has 4 rings (SSSR count). The molecule has 2 heterocycles. The predicted octanol–water partition coefficient (Wildman–Crippen LogP) is 4.70. The third-order valence-corrected chi connectivity index (χ3v) is 5.05. The first kappa shape index (κ1) is 19.6. The molecular formula is C24H22FN3O2. The molecule has 4 aromatic rings. The normalized spacial score (nSPS) is 10.9. The molecule has 152 valence electrons. The standard InChI is InChI=1S/C24H22FN3O2/c1-15-10-19(11-16(2)23(15)30-3)18-6-9-22-27-21(14-28(22)13-18)24(29)26-12-17-4-7-20(25)8-5-17/h4-11,13-14H,12H2,1-3H3,(H,26,29). The molecule has 2 aromatic heterocycles. The molecule has 0 bridgehead atoms. The Morgan fingerprint density at radius 1 is 1.03 bits per heavy atom. The summed E-state index contributed by atoms with van der Waals surface area (Å²) in [5.41, 5.74) is 6.07. The number of nitrogens with one attached hydrogen (secondary N) is 1. The van der Waals surface area contributed by atoms with Gasteiger partial charge in [0.25, 0.3) is 5.91 Å². The maximum absolute atomic E-state index is 13.0. The molecule has 6 heteroatoms. The average Bonchev–Trinajstić information content (AvgIpc) is 3.16. The summed E-state index contributed by atoms with van der Waals surface area (Å²) in [7, 11) is 1.68. The fourth-order valence-electron chi connectivity index (χ4n) is 3.59. The molecule has 0 fully saturated rings. The third kappa shape index (κ3) is 3.89. The van der Waals surface area contributed by atoms with Gasteiger partial charge in [0.15, 0.2) is 0 Å². The van der Waals surface area contributed by atoms with Crippen molar-refractivity contribution in [2.45, 2.75) is 20.4 Å². The molecule has 0 saturated carbocycles. The smallest absolute Gasteiger partial charge is 0.271 e. The number of benzene rings is 2. The van der Waals surface area contributed by atoms with Crippen molar-refractivity contribution >= 4 is 11.6 Å². The Labute approximate surface area is 174 Å². The number of carbonyl (C=O) groups is 1. The SMILES string of the molecule is COc1c(C)cc(-c2ccc3nc(C(=O)NCc4ccc(F)cc4)cn3c2)cc1C. The minimum atomic E-state index is -0.302. The van der Waals surface area contributed by atoms with Crippen LogP contribution in [0.1, 0.15) is 27.2 Å². The molecule has 0 atom stereocenters. The molecule has 2 aromatic carbocycles. The lowest BCUT2D eigenvalue weighted by atomic mass is 10.0. The van der Waals surface area contributed by atoms with Gasteiger partial charge >= 0.3 is 0 Å². The number of halogens is 1. The summed E-state index contributed by atoms with van der Waals surface area (Å²) < 4.78 is 20.3. The van der Waals surface area contributed by atoms with E-state index in [-0.39, 0.29) is 11.7 Å². The Morgan fingerprint density at radius 2 is 1.73 bits per heavy atom. The van der Waals surface area contributed by atoms with Crippen molar-refractivity contribution in [3.05, 3.63) is 89.1 Å². The van der Waals surface area contributed by atoms with Gasteiger partial charge in [-0.25, -0.2) is 9.37 Å². The van der Waals surface area contributed by atoms with Gasteiger partial charge in [0.1, 0.15) is 22.9 Å². The van der Waals surface area contributed by atoms with E-state index < -0.39 is 0 Å². The molecular weight excluding hydrogens is 381 g/mol. The lowest BCUT2D eigenvalue weighted by Crippen LogP contribution is -2.23. The Kier molecular flexibility index (Phi) is 5.23. The molecule has 0 spiro atoms. The van der Waals surface area contributed by atoms with E-state index in [1.807, 2.05) is 36.6 Å². The van der Waals surface area contributed by atoms with Gasteiger partial charge in [-0.3, -0.25) is 4.79 Å². The molecule has 0 aliphatic carbocycles. The van der Waals surface area contributed by atoms with Crippen molar-refractivity contribution in [1.29, 1.82) is 0 Å². The Morgan fingerprint density at radius 3 is 2.40 bits per heavy atom. The van der Waals surface area contributed by atoms with E-state index in [0.29, 0.717) is 17.9 Å². The first-order valence-electron chi connectivity index (χ1n) is 9.61. The van der Waals surface area contributed by atoms with Crippen LogP contribution in [0.2, 0.25) is 0 Å². The zero-order valence-corrected chi connectivity index (χ0v) is 17.1. The van der Waals surface area contributed by atoms with E-state index in [1.165, 1.54) is 12.1 Å². The summed E-state index contributed by atoms with van der Waals surface area (Å²) in [5, 5.41) is 2.82. The number of rotatable bonds is 5. The molecule has 30 heavy (non-hydrogen) atoms. The van der Waals surface area contributed by atoms with Crippen LogP contribution in [0, 0.1) is 19.7 Å². The number of pyridine rings is 1. The molecule has 0 aliphatic rings. The van der Waals surface area contributed by atoms with Crippen LogP contribution in [-0.2, 0) is 6.54 Å². The fraction of sp³-hybridized carbons (Fsp3) is 0.167. The first-order chi connectivity index (χ1) is 14.4. The van der Waals surface area contributed by atoms with Crippen molar-refractivity contribution in [2.75, 3.05) is 7.11 Å². The summed E-state index contributed by atoms with van der Waals surface area (Å²) in [6.07, 6.45) is 3.67. The lowest BCUT2D eigenvalue weighted by Gasteiger charge is -2.11. The van der Waals surface area contributed by atoms with Gasteiger partial charge < -0.3 is 14.5 Å². The quantitative estimate of drug-likeness (QED) is 0.526. The number of hydrogen-bond donors (Lipinski definition) is 1. The second-order valence-electron chi connectivity index (χ2n) is 7.26. The minimum Gasteiger partial charge on any atom is -0.496 e. The molecule has 0 unspecified atom stereocenters. The van der Waals surface area contributed by atoms with Crippen LogP contribution in [0.25, 0.3) is 16.8 Å². The molecule has 1 amide bonds. The van der Waals surface area contributed by atoms with Crippen molar-refractivity contribution in [2.24, 2.45) is 0 Å². The minimum absolute atomic E-state index is 0.277. The van der Waals surface area contributed by atoms with E-state index in [4.69, 9.17) is 4.74 Å². The van der Waals surface area contributed by atoms with E-state index in [1.54, 1.807) is 25.4 Å². The lowest BCUT2D eigenvalue weighted by molar-refractivity contribution is 0.0946. The van der Waals surface area contributed by atoms with Crippen LogP contribution in [0.5, 0.6) is 5.75 Å². The Hall–Kier alpha value is -3.67. The highest BCUT2D eigenvalue weighted by atomic mass is 19.1. The fourth-order valence-corrected chi connectivity index (χ4v) is 3.59. The van der Waals surface area contributed by atoms with Crippen LogP contribution in [0.15, 0.2) is 60.9 Å². The average molecular weight is 403 g/mol. The van der Waals surface area contributed by atoms with Gasteiger partial charge in [-0.05, 0) is 78.1 Å². The van der Waals surface area contributed by atoms with Crippen LogP contribution >= 0.6 is 0 Å². The second-order valence-corrected chi connectivity index (χ2v) is 7.26. The highest BCUT2D eigenvalue weighted by Gasteiger charge is 2.12. The number of aromatic nitrogens is 2. The van der Waals surface area contributed by atoms with Gasteiger partial charge in [-0.15, -0.1) is 0 Å². The number of nitrogens with zero attached hydrogens (tertiary/aromatic N) is 2. The van der Waals surface area contributed by atoms with E-state index >= 15 is 0 Å². The van der Waals surface area contributed by atoms with Gasteiger partial charge in [-0.1, -0.05) is 12.1 Å². The molecule has 1 N–H and O–H groups in total. The number of methoxy groups -OCH3 is 1. The predicted molar refractivity (Wildman–Crippen MR) is 114 cm³/mol. The van der Waals surface area contributed by atoms with E-state index in [9.17, 15) is 9.18 Å². The number of amides is 1. The van der Waals surface area contributed by atoms with Crippen molar-refractivity contribution in [3.63, 3.8) is 0 Å². The van der Waals surface area contributed by atoms with Crippen molar-refractivity contribution in [1.82, 2.24) is 14.7 Å². The number of hydrogen-bond acceptors (Lipinski definition) is 3. The third-order valence-electron chi connectivity index (χ3n) is 5.05. The Bertz CT molecular complexity index is 1210. The number of fused-ring (bicyclic) bond motifs is 1. The molecule has 0 radical (unpaired) electrons. The molecule has 0 aliphatic heterocycles. The van der Waals surface area contributed by atoms with Crippen molar-refractivity contribution < 1.29 is 13.9 Å². The van der Waals surface area contributed by atoms with Gasteiger partial charge in [0.2, 0.25) is 0 Å². The van der Waals surface area contributed by atoms with Gasteiger partial charge in [-0.2, -0.15) is 0 Å². The maximum atomic E-state index is 13.0. The Balaban J connectivity index is 1.56. The summed E-state index contributed by atoms with van der Waals surface area (Å²) in [5.74, 6) is 0.312. The highest BCUT2D eigenvalue weighted by Crippen LogP contribution is 2.30. The number of ether oxygens (including phenoxy) is 1. The monoisotopic (exact) mass is 403 g/mol. The largest absolute Gasteiger partial charge is 0.496 e. The number of imidazole rings is 1. The summed E-state index contributed by atoms with van der Waals surface area (Å²) in [6.45, 7) is 4.35. The van der Waals surface area contributed by atoms with Crippen LogP contribution in [-0.4, -0.2) is 22.4 Å². The number of aryl methyl sites for hydroxylation is 2. The molecule has 5 nitrogen and oxygen atoms in total. The second kappa shape index (κ2) is 7.99. The van der Waals surface area contributed by atoms with Gasteiger partial charge in [0, 0.05) is 18.9 Å². The van der Waals surface area contributed by atoms with E-state index in [0.717, 1.165) is 33.6 Å². The molecule has 0 saturated heterocycles. The number of carbonyl (C=O) groups excluding carboxylic acids is 1. The zero-order chi connectivity index (χ0) is 21.3. The first-order valence-corrected chi connectivity index (χ1v) is 9.61. The topological polar surface area (TPSA) is 55.6 Å². The van der Waals surface area contributed by atoms with E-state index in [2.05, 4.69) is 22.4 Å². The van der Waals surface area contributed by atoms with Crippen LogP contribution in [0.3, 0.4) is 0 Å². The summed E-state index contributed by atoms with van der Waals surface area (Å²) in [4.78, 5) is 16.9.